The highest BCUT2D eigenvalue weighted by atomic mass is 35.5. The first kappa shape index (κ1) is 30.2. The molecule has 3 heterocycles. The fourth-order valence-corrected chi connectivity index (χ4v) is 6.14. The molecule has 2 unspecified atom stereocenters. The van der Waals surface area contributed by atoms with E-state index < -0.39 is 23.2 Å². The minimum Gasteiger partial charge on any atom is -0.430 e. The molecule has 1 saturated carbocycles. The Morgan fingerprint density at radius 1 is 1.16 bits per heavy atom. The van der Waals surface area contributed by atoms with Crippen LogP contribution in [0.4, 0.5) is 24.5 Å². The number of benzene rings is 2. The molecule has 2 aliphatic rings. The Bertz CT molecular complexity index is 1810. The Morgan fingerprint density at radius 2 is 1.86 bits per heavy atom. The smallest absolute Gasteiger partial charge is 0.416 e. The molecule has 1 amide bonds. The van der Waals surface area contributed by atoms with Crippen molar-refractivity contribution < 1.29 is 27.5 Å². The number of carbonyl (C=O) groups is 1. The molecule has 1 aliphatic heterocycles. The van der Waals surface area contributed by atoms with Crippen LogP contribution in [-0.2, 0) is 23.1 Å². The number of oxazole rings is 1. The lowest BCUT2D eigenvalue weighted by Gasteiger charge is -2.50. The third kappa shape index (κ3) is 5.46. The van der Waals surface area contributed by atoms with Crippen LogP contribution in [0.25, 0.3) is 22.7 Å². The molecule has 2 aromatic carbocycles. The summed E-state index contributed by atoms with van der Waals surface area (Å²) in [5.74, 6) is -0.413. The van der Waals surface area contributed by atoms with Gasteiger partial charge in [-0.05, 0) is 69.5 Å². The molecule has 0 radical (unpaired) electrons. The third-order valence-corrected chi connectivity index (χ3v) is 8.74. The Balaban J connectivity index is 1.41. The number of piperazine rings is 1. The molecule has 9 nitrogen and oxygen atoms in total. The maximum atomic E-state index is 14.0. The molecule has 6 rings (SSSR count). The molecular formula is C31H31ClF3N5O4. The monoisotopic (exact) mass is 629 g/mol. The molecule has 2 atom stereocenters. The van der Waals surface area contributed by atoms with Gasteiger partial charge in [-0.1, -0.05) is 23.7 Å². The predicted octanol–water partition coefficient (Wildman–Crippen LogP) is 5.44. The second kappa shape index (κ2) is 10.9. The molecule has 0 spiro atoms. The molecule has 44 heavy (non-hydrogen) atoms. The first-order chi connectivity index (χ1) is 20.7. The summed E-state index contributed by atoms with van der Waals surface area (Å²) in [6.07, 6.45) is -2.67. The Kier molecular flexibility index (Phi) is 7.50. The number of nitrogens with one attached hydrogen (secondary N) is 2. The first-order valence-electron chi connectivity index (χ1n) is 14.3. The van der Waals surface area contributed by atoms with Gasteiger partial charge in [0.15, 0.2) is 5.65 Å². The number of aliphatic hydroxyl groups is 1. The summed E-state index contributed by atoms with van der Waals surface area (Å²) in [5, 5.41) is 16.1. The number of aromatic nitrogens is 2. The molecular weight excluding hydrogens is 599 g/mol. The van der Waals surface area contributed by atoms with Crippen LogP contribution in [-0.4, -0.2) is 45.7 Å². The molecule has 2 fully saturated rings. The predicted molar refractivity (Wildman–Crippen MR) is 161 cm³/mol. The van der Waals surface area contributed by atoms with Crippen molar-refractivity contribution in [3.8, 4) is 11.5 Å². The Labute approximate surface area is 255 Å². The highest BCUT2D eigenvalue weighted by Gasteiger charge is 2.40. The first-order valence-corrected chi connectivity index (χ1v) is 14.6. The zero-order valence-electron chi connectivity index (χ0n) is 24.3. The van der Waals surface area contributed by atoms with Gasteiger partial charge in [0.25, 0.3) is 0 Å². The number of nitrogens with zero attached hydrogens (tertiary/aromatic N) is 3. The van der Waals surface area contributed by atoms with Crippen molar-refractivity contribution in [2.75, 3.05) is 23.3 Å². The summed E-state index contributed by atoms with van der Waals surface area (Å²) < 4.78 is 47.0. The second-order valence-electron chi connectivity index (χ2n) is 11.8. The van der Waals surface area contributed by atoms with E-state index in [1.807, 2.05) is 0 Å². The zero-order chi connectivity index (χ0) is 31.6. The molecule has 3 N–H and O–H groups in total. The van der Waals surface area contributed by atoms with Crippen molar-refractivity contribution >= 4 is 40.1 Å². The zero-order valence-corrected chi connectivity index (χ0v) is 25.0. The van der Waals surface area contributed by atoms with E-state index in [9.17, 15) is 27.9 Å². The maximum Gasteiger partial charge on any atom is 0.416 e. The van der Waals surface area contributed by atoms with Crippen LogP contribution in [0.3, 0.4) is 0 Å². The standard InChI is InChI=1S/C31H31ClF3N5O4/c1-16-25(39-13-12-36-22-10-11-23(22)39)26(42)27-28(38-29(44-27)17-4-6-18(7-5-17)30(2,3)43)40(16)15-24(41)37-21-9-8-19(14-20(21)32)31(33,34)35/h4-9,14,22-23,36,43H,10-13,15H2,1-3H3,(H,37,41). The van der Waals surface area contributed by atoms with Crippen molar-refractivity contribution in [2.24, 2.45) is 0 Å². The van der Waals surface area contributed by atoms with Crippen molar-refractivity contribution in [3.63, 3.8) is 0 Å². The fourth-order valence-electron chi connectivity index (χ4n) is 5.91. The van der Waals surface area contributed by atoms with Gasteiger partial charge in [-0.3, -0.25) is 9.59 Å². The minimum absolute atomic E-state index is 0.0121. The normalized spacial score (nSPS) is 18.7. The number of hydrogen-bond acceptors (Lipinski definition) is 7. The van der Waals surface area contributed by atoms with E-state index >= 15 is 0 Å². The van der Waals surface area contributed by atoms with Gasteiger partial charge in [-0.25, -0.2) is 0 Å². The summed E-state index contributed by atoms with van der Waals surface area (Å²) in [6.45, 7) is 6.07. The molecule has 1 aliphatic carbocycles. The number of anilines is 2. The van der Waals surface area contributed by atoms with Gasteiger partial charge >= 0.3 is 6.18 Å². The Morgan fingerprint density at radius 3 is 2.48 bits per heavy atom. The summed E-state index contributed by atoms with van der Waals surface area (Å²) in [5.41, 5.74) is 0.0431. The minimum atomic E-state index is -4.58. The van der Waals surface area contributed by atoms with Crippen molar-refractivity contribution in [1.82, 2.24) is 14.9 Å². The number of carbonyl (C=O) groups excluding carboxylic acids is 1. The summed E-state index contributed by atoms with van der Waals surface area (Å²) in [7, 11) is 0. The fraction of sp³-hybridized carbons (Fsp3) is 0.387. The number of fused-ring (bicyclic) bond motifs is 2. The third-order valence-electron chi connectivity index (χ3n) is 8.43. The lowest BCUT2D eigenvalue weighted by molar-refractivity contribution is -0.137. The number of hydrogen-bond donors (Lipinski definition) is 3. The largest absolute Gasteiger partial charge is 0.430 e. The molecule has 2 aromatic heterocycles. The van der Waals surface area contributed by atoms with Gasteiger partial charge in [0.1, 0.15) is 12.2 Å². The van der Waals surface area contributed by atoms with E-state index in [4.69, 9.17) is 16.0 Å². The van der Waals surface area contributed by atoms with Crippen LogP contribution in [0.5, 0.6) is 0 Å². The van der Waals surface area contributed by atoms with Crippen LogP contribution in [0.1, 0.15) is 43.5 Å². The van der Waals surface area contributed by atoms with Crippen LogP contribution < -0.4 is 21.0 Å². The van der Waals surface area contributed by atoms with Crippen molar-refractivity contribution in [2.45, 2.75) is 64.0 Å². The van der Waals surface area contributed by atoms with Gasteiger partial charge < -0.3 is 29.6 Å². The van der Waals surface area contributed by atoms with Crippen molar-refractivity contribution in [1.29, 1.82) is 0 Å². The van der Waals surface area contributed by atoms with E-state index in [0.29, 0.717) is 35.6 Å². The number of halogens is 4. The Hall–Kier alpha value is -3.87. The van der Waals surface area contributed by atoms with Gasteiger partial charge in [0, 0.05) is 36.4 Å². The van der Waals surface area contributed by atoms with E-state index in [-0.39, 0.29) is 51.9 Å². The van der Waals surface area contributed by atoms with Gasteiger partial charge in [0.05, 0.1) is 21.9 Å². The molecule has 232 valence electrons. The summed E-state index contributed by atoms with van der Waals surface area (Å²) >= 11 is 6.08. The average Bonchev–Trinajstić information content (AvgIpc) is 3.38. The molecule has 1 saturated heterocycles. The van der Waals surface area contributed by atoms with Crippen LogP contribution in [0.15, 0.2) is 51.7 Å². The topological polar surface area (TPSA) is 113 Å². The van der Waals surface area contributed by atoms with E-state index in [1.165, 1.54) is 0 Å². The number of rotatable bonds is 6. The maximum absolute atomic E-state index is 14.0. The van der Waals surface area contributed by atoms with E-state index in [2.05, 4.69) is 20.5 Å². The number of alkyl halides is 3. The highest BCUT2D eigenvalue weighted by Crippen LogP contribution is 2.36. The summed E-state index contributed by atoms with van der Waals surface area (Å²) in [6, 6.07) is 10.0. The van der Waals surface area contributed by atoms with E-state index in [1.54, 1.807) is 49.6 Å². The number of pyridine rings is 1. The van der Waals surface area contributed by atoms with Crippen LogP contribution in [0.2, 0.25) is 5.02 Å². The molecule has 4 aromatic rings. The summed E-state index contributed by atoms with van der Waals surface area (Å²) in [4.78, 5) is 34.0. The van der Waals surface area contributed by atoms with Crippen LogP contribution >= 0.6 is 11.6 Å². The molecule has 0 bridgehead atoms. The average molecular weight is 630 g/mol. The van der Waals surface area contributed by atoms with Gasteiger partial charge in [-0.15, -0.1) is 0 Å². The molecule has 13 heteroatoms. The lowest BCUT2D eigenvalue weighted by Crippen LogP contribution is -2.64. The second-order valence-corrected chi connectivity index (χ2v) is 12.2. The lowest BCUT2D eigenvalue weighted by atomic mass is 9.83. The van der Waals surface area contributed by atoms with Gasteiger partial charge in [-0.2, -0.15) is 18.2 Å². The SMILES string of the molecule is Cc1c(N2CCNC3CCC32)c(=O)c2oc(-c3ccc(C(C)(C)O)cc3)nc2n1CC(=O)Nc1ccc(C(F)(F)F)cc1Cl. The number of amides is 1. The highest BCUT2D eigenvalue weighted by molar-refractivity contribution is 6.33. The van der Waals surface area contributed by atoms with Crippen molar-refractivity contribution in [3.05, 3.63) is 74.5 Å². The van der Waals surface area contributed by atoms with E-state index in [0.717, 1.165) is 31.0 Å². The van der Waals surface area contributed by atoms with Crippen LogP contribution in [0, 0.1) is 6.92 Å². The van der Waals surface area contributed by atoms with Gasteiger partial charge in [0.2, 0.25) is 22.8 Å². The quantitative estimate of drug-likeness (QED) is 0.260.